The molecule has 57 heavy (non-hydrogen) atoms. The number of aliphatic hydroxyl groups is 2. The first-order chi connectivity index (χ1) is 27.8. The van der Waals surface area contributed by atoms with Crippen molar-refractivity contribution in [3.8, 4) is 0 Å². The summed E-state index contributed by atoms with van der Waals surface area (Å²) in [5.41, 5.74) is 0. The molecule has 0 aliphatic rings. The lowest BCUT2D eigenvalue weighted by Crippen LogP contribution is -2.29. The number of unbranched alkanes of at least 4 members (excludes halogenated alkanes) is 31. The van der Waals surface area contributed by atoms with Crippen molar-refractivity contribution < 1.29 is 43.0 Å². The number of allylic oxidation sites excluding steroid dienone is 2. The van der Waals surface area contributed by atoms with Gasteiger partial charge in [0.2, 0.25) is 0 Å². The molecule has 3 N–H and O–H groups in total. The molecule has 0 bridgehead atoms. The average molecular weight is 833 g/mol. The predicted octanol–water partition coefficient (Wildman–Crippen LogP) is 13.7. The van der Waals surface area contributed by atoms with Crippen LogP contribution in [0, 0.1) is 0 Å². The summed E-state index contributed by atoms with van der Waals surface area (Å²) in [5.74, 6) is -0.378. The maximum Gasteiger partial charge on any atom is 0.472 e. The van der Waals surface area contributed by atoms with Crippen molar-refractivity contribution in [2.24, 2.45) is 0 Å². The van der Waals surface area contributed by atoms with Crippen LogP contribution in [0.15, 0.2) is 12.2 Å². The standard InChI is InChI=1S/C47H93O9P/c1-3-5-7-9-11-13-15-17-18-19-20-21-22-23-24-25-26-27-29-31-33-35-37-39-47(50)56-46(44-55-57(51,52)54-42-45(49)41-48)43-53-40-38-36-34-32-30-28-16-14-12-10-8-6-4-2/h19-20,45-46,48-49H,3-18,21-44H2,1-2H3,(H,51,52)/b20-19-. The van der Waals surface area contributed by atoms with Gasteiger partial charge in [-0.25, -0.2) is 4.57 Å². The molecule has 0 heterocycles. The molecule has 3 atom stereocenters. The van der Waals surface area contributed by atoms with Crippen molar-refractivity contribution in [3.05, 3.63) is 12.2 Å². The monoisotopic (exact) mass is 833 g/mol. The fourth-order valence-corrected chi connectivity index (χ4v) is 7.79. The molecule has 10 heteroatoms. The van der Waals surface area contributed by atoms with Crippen LogP contribution in [0.3, 0.4) is 0 Å². The number of ether oxygens (including phenoxy) is 2. The minimum Gasteiger partial charge on any atom is -0.457 e. The number of hydrogen-bond acceptors (Lipinski definition) is 8. The molecule has 0 amide bonds. The summed E-state index contributed by atoms with van der Waals surface area (Å²) in [5, 5.41) is 18.4. The van der Waals surface area contributed by atoms with Crippen LogP contribution in [0.25, 0.3) is 0 Å². The summed E-state index contributed by atoms with van der Waals surface area (Å²) >= 11 is 0. The normalized spacial score (nSPS) is 14.0. The van der Waals surface area contributed by atoms with Gasteiger partial charge in [-0.3, -0.25) is 13.8 Å². The third-order valence-corrected chi connectivity index (χ3v) is 11.7. The van der Waals surface area contributed by atoms with Gasteiger partial charge in [0.15, 0.2) is 0 Å². The molecule has 9 nitrogen and oxygen atoms in total. The van der Waals surface area contributed by atoms with Crippen molar-refractivity contribution >= 4 is 13.8 Å². The zero-order valence-corrected chi connectivity index (χ0v) is 38.2. The van der Waals surface area contributed by atoms with Crippen LogP contribution in [0.4, 0.5) is 0 Å². The Labute approximate surface area is 351 Å². The van der Waals surface area contributed by atoms with E-state index in [4.69, 9.17) is 23.6 Å². The molecule has 0 aliphatic heterocycles. The van der Waals surface area contributed by atoms with Gasteiger partial charge >= 0.3 is 13.8 Å². The molecule has 0 aromatic carbocycles. The van der Waals surface area contributed by atoms with Gasteiger partial charge in [-0.05, 0) is 38.5 Å². The minimum absolute atomic E-state index is 0.0553. The highest BCUT2D eigenvalue weighted by molar-refractivity contribution is 7.47. The van der Waals surface area contributed by atoms with Crippen molar-refractivity contribution in [3.63, 3.8) is 0 Å². The van der Waals surface area contributed by atoms with Gasteiger partial charge in [-0.1, -0.05) is 206 Å². The average Bonchev–Trinajstić information content (AvgIpc) is 3.20. The summed E-state index contributed by atoms with van der Waals surface area (Å²) in [6.45, 7) is 3.57. The van der Waals surface area contributed by atoms with E-state index in [1.807, 2.05) is 0 Å². The van der Waals surface area contributed by atoms with Gasteiger partial charge in [0.05, 0.1) is 26.4 Å². The molecular weight excluding hydrogens is 739 g/mol. The lowest BCUT2D eigenvalue weighted by Gasteiger charge is -2.20. The van der Waals surface area contributed by atoms with Crippen molar-refractivity contribution in [2.75, 3.05) is 33.0 Å². The van der Waals surface area contributed by atoms with Crippen LogP contribution in [-0.4, -0.2) is 66.3 Å². The van der Waals surface area contributed by atoms with Crippen LogP contribution >= 0.6 is 7.82 Å². The van der Waals surface area contributed by atoms with Gasteiger partial charge in [-0.15, -0.1) is 0 Å². The van der Waals surface area contributed by atoms with E-state index in [0.717, 1.165) is 32.1 Å². The molecule has 0 aromatic rings. The zero-order chi connectivity index (χ0) is 41.8. The Morgan fingerprint density at radius 3 is 1.32 bits per heavy atom. The molecule has 0 aliphatic carbocycles. The number of esters is 1. The Balaban J connectivity index is 4.02. The highest BCUT2D eigenvalue weighted by Crippen LogP contribution is 2.43. The highest BCUT2D eigenvalue weighted by Gasteiger charge is 2.26. The van der Waals surface area contributed by atoms with Gasteiger partial charge < -0.3 is 24.6 Å². The molecule has 0 fully saturated rings. The second kappa shape index (κ2) is 44.7. The molecule has 3 unspecified atom stereocenters. The number of phosphoric ester groups is 1. The number of hydrogen-bond donors (Lipinski definition) is 3. The van der Waals surface area contributed by atoms with Crippen LogP contribution in [0.1, 0.15) is 239 Å². The maximum atomic E-state index is 12.6. The molecule has 0 aromatic heterocycles. The first-order valence-electron chi connectivity index (χ1n) is 24.2. The van der Waals surface area contributed by atoms with Crippen LogP contribution in [0.2, 0.25) is 0 Å². The summed E-state index contributed by atoms with van der Waals surface area (Å²) in [4.78, 5) is 22.6. The second-order valence-electron chi connectivity index (χ2n) is 16.5. The lowest BCUT2D eigenvalue weighted by molar-refractivity contribution is -0.154. The number of aliphatic hydroxyl groups excluding tert-OH is 2. The smallest absolute Gasteiger partial charge is 0.457 e. The van der Waals surface area contributed by atoms with Gasteiger partial charge in [0, 0.05) is 13.0 Å². The maximum absolute atomic E-state index is 12.6. The summed E-state index contributed by atoms with van der Waals surface area (Å²) in [7, 11) is -4.51. The Morgan fingerprint density at radius 2 is 0.895 bits per heavy atom. The fourth-order valence-electron chi connectivity index (χ4n) is 7.00. The molecule has 340 valence electrons. The molecular formula is C47H93O9P. The van der Waals surface area contributed by atoms with E-state index in [1.54, 1.807) is 0 Å². The molecule has 0 rings (SSSR count). The number of rotatable bonds is 47. The lowest BCUT2D eigenvalue weighted by atomic mass is 10.0. The van der Waals surface area contributed by atoms with Gasteiger partial charge in [0.25, 0.3) is 0 Å². The summed E-state index contributed by atoms with van der Waals surface area (Å²) < 4.78 is 33.4. The largest absolute Gasteiger partial charge is 0.472 e. The van der Waals surface area contributed by atoms with Crippen molar-refractivity contribution in [2.45, 2.75) is 251 Å². The first-order valence-corrected chi connectivity index (χ1v) is 25.7. The predicted molar refractivity (Wildman–Crippen MR) is 238 cm³/mol. The van der Waals surface area contributed by atoms with E-state index >= 15 is 0 Å². The Morgan fingerprint density at radius 1 is 0.526 bits per heavy atom. The van der Waals surface area contributed by atoms with E-state index in [2.05, 4.69) is 26.0 Å². The van der Waals surface area contributed by atoms with E-state index in [0.29, 0.717) is 6.61 Å². The zero-order valence-electron chi connectivity index (χ0n) is 37.3. The van der Waals surface area contributed by atoms with Crippen molar-refractivity contribution in [1.29, 1.82) is 0 Å². The molecule has 0 saturated carbocycles. The second-order valence-corrected chi connectivity index (χ2v) is 17.9. The molecule has 0 saturated heterocycles. The van der Waals surface area contributed by atoms with Gasteiger partial charge in [0.1, 0.15) is 12.2 Å². The third-order valence-electron chi connectivity index (χ3n) is 10.7. The van der Waals surface area contributed by atoms with E-state index in [-0.39, 0.29) is 25.6 Å². The Kier molecular flexibility index (Phi) is 44.1. The SMILES string of the molecule is CCCCCCCCCC/C=C\CCCCCCCCCCCCCC(=O)OC(COCCCCCCCCCCCCCCC)COP(=O)(O)OCC(O)CO. The van der Waals surface area contributed by atoms with Crippen LogP contribution in [0.5, 0.6) is 0 Å². The van der Waals surface area contributed by atoms with E-state index in [1.165, 1.54) is 186 Å². The third kappa shape index (κ3) is 44.6. The summed E-state index contributed by atoms with van der Waals surface area (Å²) in [6.07, 6.45) is 46.0. The highest BCUT2D eigenvalue weighted by atomic mass is 31.2. The molecule has 0 radical (unpaired) electrons. The number of carbonyl (C=O) groups excluding carboxylic acids is 1. The number of phosphoric acid groups is 1. The van der Waals surface area contributed by atoms with Crippen LogP contribution < -0.4 is 0 Å². The molecule has 0 spiro atoms. The van der Waals surface area contributed by atoms with Crippen molar-refractivity contribution in [1.82, 2.24) is 0 Å². The van der Waals surface area contributed by atoms with E-state index < -0.39 is 33.2 Å². The Hall–Kier alpha value is -0.800. The summed E-state index contributed by atoms with van der Waals surface area (Å²) in [6, 6.07) is 0. The van der Waals surface area contributed by atoms with Gasteiger partial charge in [-0.2, -0.15) is 0 Å². The van der Waals surface area contributed by atoms with Crippen LogP contribution in [-0.2, 0) is 27.9 Å². The quantitative estimate of drug-likeness (QED) is 0.0237. The topological polar surface area (TPSA) is 132 Å². The first kappa shape index (κ1) is 56.2. The Bertz CT molecular complexity index is 902. The fraction of sp³-hybridized carbons (Fsp3) is 0.936. The minimum atomic E-state index is -4.51. The van der Waals surface area contributed by atoms with E-state index in [9.17, 15) is 19.4 Å². The number of carbonyl (C=O) groups is 1.